The summed E-state index contributed by atoms with van der Waals surface area (Å²) in [6.45, 7) is 0. The first-order valence-corrected chi connectivity index (χ1v) is 7.83. The number of nitrogens with one attached hydrogen (secondary N) is 1. The molecule has 0 saturated heterocycles. The first-order valence-electron chi connectivity index (χ1n) is 7.83. The van der Waals surface area contributed by atoms with Gasteiger partial charge in [-0.3, -0.25) is 9.78 Å². The second-order valence-electron chi connectivity index (χ2n) is 5.80. The standard InChI is InChI=1S/C16H21N5O/c22-16(6-1-13-7-9-17-10-8-13)20-14-2-4-15(5-3-14)21-12-18-11-19-21/h7-12,14-15H,1-6H2,(H,20,22). The van der Waals surface area contributed by atoms with Crippen LogP contribution in [0.2, 0.25) is 0 Å². The predicted octanol–water partition coefficient (Wildman–Crippen LogP) is 1.91. The average Bonchev–Trinajstić information content (AvgIpc) is 3.09. The van der Waals surface area contributed by atoms with E-state index in [1.807, 2.05) is 16.8 Å². The monoisotopic (exact) mass is 299 g/mol. The summed E-state index contributed by atoms with van der Waals surface area (Å²) in [5.41, 5.74) is 1.15. The van der Waals surface area contributed by atoms with Crippen molar-refractivity contribution in [2.45, 2.75) is 50.6 Å². The van der Waals surface area contributed by atoms with Gasteiger partial charge in [-0.25, -0.2) is 9.67 Å². The predicted molar refractivity (Wildman–Crippen MR) is 82.0 cm³/mol. The molecule has 0 unspecified atom stereocenters. The van der Waals surface area contributed by atoms with Gasteiger partial charge in [-0.2, -0.15) is 5.10 Å². The number of aryl methyl sites for hydroxylation is 1. The molecule has 1 N–H and O–H groups in total. The summed E-state index contributed by atoms with van der Waals surface area (Å²) in [6.07, 6.45) is 12.3. The Balaban J connectivity index is 1.40. The molecule has 2 aromatic heterocycles. The van der Waals surface area contributed by atoms with E-state index in [1.165, 1.54) is 0 Å². The Bertz CT molecular complexity index is 576. The highest BCUT2D eigenvalue weighted by atomic mass is 16.1. The summed E-state index contributed by atoms with van der Waals surface area (Å²) in [4.78, 5) is 20.0. The highest BCUT2D eigenvalue weighted by Gasteiger charge is 2.23. The molecule has 1 saturated carbocycles. The van der Waals surface area contributed by atoms with Crippen molar-refractivity contribution in [1.29, 1.82) is 0 Å². The highest BCUT2D eigenvalue weighted by Crippen LogP contribution is 2.27. The van der Waals surface area contributed by atoms with Crippen LogP contribution in [0.1, 0.15) is 43.7 Å². The van der Waals surface area contributed by atoms with Gasteiger partial charge in [0.25, 0.3) is 0 Å². The smallest absolute Gasteiger partial charge is 0.220 e. The van der Waals surface area contributed by atoms with Crippen molar-refractivity contribution in [3.63, 3.8) is 0 Å². The number of nitrogens with zero attached hydrogens (tertiary/aromatic N) is 4. The zero-order valence-corrected chi connectivity index (χ0v) is 12.6. The van der Waals surface area contributed by atoms with Gasteiger partial charge in [-0.15, -0.1) is 0 Å². The van der Waals surface area contributed by atoms with Gasteiger partial charge in [0, 0.05) is 24.9 Å². The van der Waals surface area contributed by atoms with Crippen molar-refractivity contribution in [3.05, 3.63) is 42.7 Å². The molecule has 2 heterocycles. The molecule has 0 radical (unpaired) electrons. The minimum absolute atomic E-state index is 0.140. The number of rotatable bonds is 5. The fourth-order valence-corrected chi connectivity index (χ4v) is 3.00. The molecule has 2 aromatic rings. The van der Waals surface area contributed by atoms with Gasteiger partial charge < -0.3 is 5.32 Å². The van der Waals surface area contributed by atoms with Crippen molar-refractivity contribution in [2.75, 3.05) is 0 Å². The summed E-state index contributed by atoms with van der Waals surface area (Å²) < 4.78 is 1.93. The number of carbonyl (C=O) groups excluding carboxylic acids is 1. The highest BCUT2D eigenvalue weighted by molar-refractivity contribution is 5.76. The molecule has 6 heteroatoms. The molecule has 1 fully saturated rings. The number of carbonyl (C=O) groups is 1. The molecule has 3 rings (SSSR count). The Morgan fingerprint density at radius 2 is 1.95 bits per heavy atom. The van der Waals surface area contributed by atoms with Crippen LogP contribution in [0, 0.1) is 0 Å². The number of aromatic nitrogens is 4. The molecule has 0 aliphatic heterocycles. The molecular formula is C16H21N5O. The SMILES string of the molecule is O=C(CCc1ccncc1)NC1CCC(n2cncn2)CC1. The van der Waals surface area contributed by atoms with Gasteiger partial charge in [-0.1, -0.05) is 0 Å². The molecule has 1 aliphatic carbocycles. The third-order valence-corrected chi connectivity index (χ3v) is 4.26. The van der Waals surface area contributed by atoms with Crippen LogP contribution in [0.15, 0.2) is 37.2 Å². The minimum Gasteiger partial charge on any atom is -0.353 e. The lowest BCUT2D eigenvalue weighted by Crippen LogP contribution is -2.38. The van der Waals surface area contributed by atoms with Crippen LogP contribution in [-0.4, -0.2) is 31.7 Å². The molecule has 1 aliphatic rings. The van der Waals surface area contributed by atoms with Crippen LogP contribution >= 0.6 is 0 Å². The average molecular weight is 299 g/mol. The third kappa shape index (κ3) is 3.90. The van der Waals surface area contributed by atoms with Gasteiger partial charge in [0.05, 0.1) is 6.04 Å². The quantitative estimate of drug-likeness (QED) is 0.915. The molecule has 0 aromatic carbocycles. The Hall–Kier alpha value is -2.24. The molecule has 6 nitrogen and oxygen atoms in total. The fourth-order valence-electron chi connectivity index (χ4n) is 3.00. The minimum atomic E-state index is 0.140. The molecule has 1 amide bonds. The van der Waals surface area contributed by atoms with Crippen LogP contribution in [0.3, 0.4) is 0 Å². The molecule has 0 spiro atoms. The zero-order chi connectivity index (χ0) is 15.2. The topological polar surface area (TPSA) is 72.7 Å². The van der Waals surface area contributed by atoms with Gasteiger partial charge >= 0.3 is 0 Å². The lowest BCUT2D eigenvalue weighted by molar-refractivity contribution is -0.122. The summed E-state index contributed by atoms with van der Waals surface area (Å²) in [5, 5.41) is 7.36. The Morgan fingerprint density at radius 1 is 1.18 bits per heavy atom. The van der Waals surface area contributed by atoms with Crippen molar-refractivity contribution in [2.24, 2.45) is 0 Å². The van der Waals surface area contributed by atoms with E-state index in [4.69, 9.17) is 0 Å². The summed E-state index contributed by atoms with van der Waals surface area (Å²) in [7, 11) is 0. The van der Waals surface area contributed by atoms with Crippen molar-refractivity contribution in [1.82, 2.24) is 25.1 Å². The van der Waals surface area contributed by atoms with E-state index in [0.29, 0.717) is 18.5 Å². The number of pyridine rings is 1. The van der Waals surface area contributed by atoms with Crippen molar-refractivity contribution in [3.8, 4) is 0 Å². The molecular weight excluding hydrogens is 278 g/mol. The van der Waals surface area contributed by atoms with Crippen LogP contribution in [0.25, 0.3) is 0 Å². The number of amides is 1. The van der Waals surface area contributed by atoms with Crippen molar-refractivity contribution >= 4 is 5.91 Å². The maximum absolute atomic E-state index is 12.0. The second kappa shape index (κ2) is 7.15. The van der Waals surface area contributed by atoms with Gasteiger partial charge in [0.1, 0.15) is 12.7 Å². The van der Waals surface area contributed by atoms with E-state index in [9.17, 15) is 4.79 Å². The zero-order valence-electron chi connectivity index (χ0n) is 12.6. The van der Waals surface area contributed by atoms with E-state index in [1.54, 1.807) is 25.0 Å². The van der Waals surface area contributed by atoms with Crippen LogP contribution in [-0.2, 0) is 11.2 Å². The largest absolute Gasteiger partial charge is 0.353 e. The molecule has 0 bridgehead atoms. The van der Waals surface area contributed by atoms with E-state index in [0.717, 1.165) is 37.7 Å². The Morgan fingerprint density at radius 3 is 2.64 bits per heavy atom. The van der Waals surface area contributed by atoms with E-state index in [2.05, 4.69) is 20.4 Å². The first kappa shape index (κ1) is 14.7. The summed E-state index contributed by atoms with van der Waals surface area (Å²) >= 11 is 0. The van der Waals surface area contributed by atoms with E-state index >= 15 is 0 Å². The van der Waals surface area contributed by atoms with Gasteiger partial charge in [0.2, 0.25) is 5.91 Å². The Kier molecular flexibility index (Phi) is 4.78. The Labute approximate surface area is 130 Å². The lowest BCUT2D eigenvalue weighted by atomic mass is 9.91. The van der Waals surface area contributed by atoms with Crippen LogP contribution in [0.5, 0.6) is 0 Å². The molecule has 22 heavy (non-hydrogen) atoms. The summed E-state index contributed by atoms with van der Waals surface area (Å²) in [6, 6.07) is 4.63. The normalized spacial score (nSPS) is 21.5. The molecule has 116 valence electrons. The molecule has 0 atom stereocenters. The first-order chi connectivity index (χ1) is 10.8. The van der Waals surface area contributed by atoms with Gasteiger partial charge in [0.15, 0.2) is 0 Å². The maximum atomic E-state index is 12.0. The maximum Gasteiger partial charge on any atom is 0.220 e. The van der Waals surface area contributed by atoms with E-state index in [-0.39, 0.29) is 5.91 Å². The van der Waals surface area contributed by atoms with Crippen LogP contribution in [0.4, 0.5) is 0 Å². The second-order valence-corrected chi connectivity index (χ2v) is 5.80. The van der Waals surface area contributed by atoms with E-state index < -0.39 is 0 Å². The third-order valence-electron chi connectivity index (χ3n) is 4.26. The fraction of sp³-hybridized carbons (Fsp3) is 0.500. The number of hydrogen-bond donors (Lipinski definition) is 1. The van der Waals surface area contributed by atoms with Crippen LogP contribution < -0.4 is 5.32 Å². The lowest BCUT2D eigenvalue weighted by Gasteiger charge is -2.29. The number of hydrogen-bond acceptors (Lipinski definition) is 4. The van der Waals surface area contributed by atoms with Gasteiger partial charge in [-0.05, 0) is 49.8 Å². The summed E-state index contributed by atoms with van der Waals surface area (Å²) in [5.74, 6) is 0.140. The van der Waals surface area contributed by atoms with Crippen molar-refractivity contribution < 1.29 is 4.79 Å².